The van der Waals surface area contributed by atoms with Crippen molar-refractivity contribution < 1.29 is 14.3 Å². The van der Waals surface area contributed by atoms with Crippen LogP contribution in [-0.2, 0) is 17.8 Å². The van der Waals surface area contributed by atoms with E-state index in [4.69, 9.17) is 4.74 Å². The Morgan fingerprint density at radius 3 is 2.76 bits per heavy atom. The highest BCUT2D eigenvalue weighted by Crippen LogP contribution is 2.23. The summed E-state index contributed by atoms with van der Waals surface area (Å²) in [7, 11) is 0. The number of ether oxygens (including phenoxy) is 1. The van der Waals surface area contributed by atoms with E-state index in [0.29, 0.717) is 12.2 Å². The molecule has 2 aromatic rings. The summed E-state index contributed by atoms with van der Waals surface area (Å²) in [5, 5.41) is 10.3. The minimum Gasteiger partial charge on any atom is -0.491 e. The predicted molar refractivity (Wildman–Crippen MR) is 109 cm³/mol. The number of aromatic nitrogens is 2. The van der Waals surface area contributed by atoms with Crippen LogP contribution in [0.5, 0.6) is 5.75 Å². The average molecular weight is 396 g/mol. The molecule has 29 heavy (non-hydrogen) atoms. The van der Waals surface area contributed by atoms with Crippen LogP contribution in [0.15, 0.2) is 36.7 Å². The lowest BCUT2D eigenvalue weighted by Gasteiger charge is -2.22. The molecule has 154 valence electrons. The monoisotopic (exact) mass is 396 g/mol. The third-order valence-electron chi connectivity index (χ3n) is 5.68. The minimum atomic E-state index is -0.191. The number of hydrogen-bond donors (Lipinski definition) is 2. The van der Waals surface area contributed by atoms with Gasteiger partial charge in [0.25, 0.3) is 5.91 Å². The molecule has 1 atom stereocenters. The fraction of sp³-hybridized carbons (Fsp3) is 0.500. The molecule has 1 aliphatic heterocycles. The van der Waals surface area contributed by atoms with E-state index in [2.05, 4.69) is 21.8 Å². The number of amides is 2. The van der Waals surface area contributed by atoms with Crippen LogP contribution >= 0.6 is 0 Å². The number of para-hydroxylation sites is 1. The van der Waals surface area contributed by atoms with E-state index in [1.165, 1.54) is 35.7 Å². The van der Waals surface area contributed by atoms with Crippen LogP contribution in [0, 0.1) is 0 Å². The van der Waals surface area contributed by atoms with Crippen molar-refractivity contribution in [1.29, 1.82) is 0 Å². The van der Waals surface area contributed by atoms with Crippen molar-refractivity contribution in [3.05, 3.63) is 47.8 Å². The van der Waals surface area contributed by atoms with Crippen LogP contribution in [0.2, 0.25) is 0 Å². The van der Waals surface area contributed by atoms with E-state index in [1.54, 1.807) is 6.20 Å². The van der Waals surface area contributed by atoms with Gasteiger partial charge in [-0.2, -0.15) is 5.10 Å². The zero-order valence-electron chi connectivity index (χ0n) is 16.6. The van der Waals surface area contributed by atoms with Crippen molar-refractivity contribution in [3.63, 3.8) is 0 Å². The molecule has 1 aromatic carbocycles. The van der Waals surface area contributed by atoms with Gasteiger partial charge in [-0.3, -0.25) is 14.3 Å². The number of nitrogens with one attached hydrogen (secondary N) is 2. The summed E-state index contributed by atoms with van der Waals surface area (Å²) in [6, 6.07) is 8.18. The van der Waals surface area contributed by atoms with Crippen LogP contribution in [0.25, 0.3) is 0 Å². The maximum Gasteiger partial charge on any atom is 0.254 e. The van der Waals surface area contributed by atoms with Gasteiger partial charge in [-0.15, -0.1) is 0 Å². The molecule has 1 unspecified atom stereocenters. The van der Waals surface area contributed by atoms with Gasteiger partial charge in [0.2, 0.25) is 5.91 Å². The number of benzene rings is 1. The van der Waals surface area contributed by atoms with Crippen LogP contribution in [-0.4, -0.2) is 40.3 Å². The number of rotatable bonds is 5. The molecule has 2 heterocycles. The number of nitrogens with zero attached hydrogens (tertiary/aromatic N) is 2. The third-order valence-corrected chi connectivity index (χ3v) is 5.68. The van der Waals surface area contributed by atoms with E-state index >= 15 is 0 Å². The first-order valence-electron chi connectivity index (χ1n) is 10.5. The van der Waals surface area contributed by atoms with Gasteiger partial charge >= 0.3 is 0 Å². The largest absolute Gasteiger partial charge is 0.491 e. The van der Waals surface area contributed by atoms with Crippen LogP contribution in [0.4, 0.5) is 0 Å². The maximum absolute atomic E-state index is 12.6. The summed E-state index contributed by atoms with van der Waals surface area (Å²) in [5.41, 5.74) is 1.62. The molecule has 1 aromatic heterocycles. The van der Waals surface area contributed by atoms with Gasteiger partial charge in [-0.1, -0.05) is 37.5 Å². The van der Waals surface area contributed by atoms with Crippen molar-refractivity contribution in [3.8, 4) is 5.75 Å². The fourth-order valence-electron chi connectivity index (χ4n) is 4.07. The minimum absolute atomic E-state index is 0.0538. The Kier molecular flexibility index (Phi) is 6.12. The highest BCUT2D eigenvalue weighted by atomic mass is 16.5. The van der Waals surface area contributed by atoms with Crippen molar-refractivity contribution in [2.75, 3.05) is 6.61 Å². The molecule has 4 rings (SSSR count). The van der Waals surface area contributed by atoms with Gasteiger partial charge in [0.1, 0.15) is 18.9 Å². The Morgan fingerprint density at radius 1 is 1.07 bits per heavy atom. The third kappa shape index (κ3) is 5.16. The summed E-state index contributed by atoms with van der Waals surface area (Å²) in [6.07, 6.45) is 10.5. The van der Waals surface area contributed by atoms with Crippen LogP contribution in [0.3, 0.4) is 0 Å². The average Bonchev–Trinajstić information content (AvgIpc) is 3.10. The maximum atomic E-state index is 12.6. The Bertz CT molecular complexity index is 830. The topological polar surface area (TPSA) is 85.2 Å². The Labute approximate surface area is 170 Å². The normalized spacial score (nSPS) is 19.5. The van der Waals surface area contributed by atoms with Crippen molar-refractivity contribution >= 4 is 11.8 Å². The number of carbonyl (C=O) groups is 2. The SMILES string of the molecule is O=C(Cn1cc(C(=O)NC2CCc3ccccc3OC2)cn1)NC1CCCCC1. The molecule has 0 spiro atoms. The molecule has 1 fully saturated rings. The number of aryl methyl sites for hydroxylation is 1. The second-order valence-electron chi connectivity index (χ2n) is 7.96. The van der Waals surface area contributed by atoms with Crippen LogP contribution < -0.4 is 15.4 Å². The fourth-order valence-corrected chi connectivity index (χ4v) is 4.07. The zero-order chi connectivity index (χ0) is 20.1. The lowest BCUT2D eigenvalue weighted by Crippen LogP contribution is -2.39. The molecule has 0 saturated heterocycles. The first kappa shape index (κ1) is 19.5. The molecule has 0 bridgehead atoms. The molecule has 2 N–H and O–H groups in total. The number of carbonyl (C=O) groups excluding carboxylic acids is 2. The van der Waals surface area contributed by atoms with Gasteiger partial charge in [0.15, 0.2) is 0 Å². The zero-order valence-corrected chi connectivity index (χ0v) is 16.6. The summed E-state index contributed by atoms with van der Waals surface area (Å²) in [6.45, 7) is 0.576. The van der Waals surface area contributed by atoms with Gasteiger partial charge in [0, 0.05) is 12.2 Å². The Balaban J connectivity index is 1.27. The van der Waals surface area contributed by atoms with Gasteiger partial charge in [-0.05, 0) is 37.3 Å². The van der Waals surface area contributed by atoms with E-state index in [9.17, 15) is 9.59 Å². The van der Waals surface area contributed by atoms with Gasteiger partial charge in [-0.25, -0.2) is 0 Å². The number of hydrogen-bond acceptors (Lipinski definition) is 4. The van der Waals surface area contributed by atoms with Crippen molar-refractivity contribution in [1.82, 2.24) is 20.4 Å². The quantitative estimate of drug-likeness (QED) is 0.813. The molecule has 2 amide bonds. The molecular weight excluding hydrogens is 368 g/mol. The predicted octanol–water partition coefficient (Wildman–Crippen LogP) is 2.46. The van der Waals surface area contributed by atoms with E-state index in [1.807, 2.05) is 18.2 Å². The summed E-state index contributed by atoms with van der Waals surface area (Å²) < 4.78 is 7.36. The first-order valence-corrected chi connectivity index (χ1v) is 10.5. The highest BCUT2D eigenvalue weighted by Gasteiger charge is 2.21. The summed E-state index contributed by atoms with van der Waals surface area (Å²) in [5.74, 6) is 0.645. The smallest absolute Gasteiger partial charge is 0.254 e. The summed E-state index contributed by atoms with van der Waals surface area (Å²) in [4.78, 5) is 24.8. The van der Waals surface area contributed by atoms with E-state index in [0.717, 1.165) is 31.4 Å². The molecule has 1 aliphatic carbocycles. The number of fused-ring (bicyclic) bond motifs is 1. The van der Waals surface area contributed by atoms with Gasteiger partial charge < -0.3 is 15.4 Å². The Hall–Kier alpha value is -2.83. The lowest BCUT2D eigenvalue weighted by molar-refractivity contribution is -0.122. The van der Waals surface area contributed by atoms with Gasteiger partial charge in [0.05, 0.1) is 17.8 Å². The van der Waals surface area contributed by atoms with Crippen molar-refractivity contribution in [2.24, 2.45) is 0 Å². The molecule has 1 saturated carbocycles. The van der Waals surface area contributed by atoms with Crippen LogP contribution in [0.1, 0.15) is 54.4 Å². The second kappa shape index (κ2) is 9.11. The second-order valence-corrected chi connectivity index (χ2v) is 7.96. The van der Waals surface area contributed by atoms with E-state index in [-0.39, 0.29) is 30.4 Å². The Morgan fingerprint density at radius 2 is 1.90 bits per heavy atom. The lowest BCUT2D eigenvalue weighted by atomic mass is 9.95. The summed E-state index contributed by atoms with van der Waals surface area (Å²) >= 11 is 0. The molecular formula is C22H28N4O3. The van der Waals surface area contributed by atoms with Crippen molar-refractivity contribution in [2.45, 2.75) is 63.6 Å². The highest BCUT2D eigenvalue weighted by molar-refractivity contribution is 5.94. The molecule has 2 aliphatic rings. The molecule has 0 radical (unpaired) electrons. The first-order chi connectivity index (χ1) is 14.2. The van der Waals surface area contributed by atoms with E-state index < -0.39 is 0 Å². The standard InChI is InChI=1S/C22H28N4O3/c27-21(24-18-7-2-1-3-8-18)14-26-13-17(12-23-26)22(28)25-19-11-10-16-6-4-5-9-20(16)29-15-19/h4-6,9,12-13,18-19H,1-3,7-8,10-11,14-15H2,(H,24,27)(H,25,28). The molecule has 7 nitrogen and oxygen atoms in total. The molecule has 7 heteroatoms.